The molecular formula is C26H27N5O4S2. The van der Waals surface area contributed by atoms with Crippen LogP contribution in [0.1, 0.15) is 26.3 Å². The number of carbonyl (C=O) groups excluding carboxylic acids is 3. The molecule has 0 spiro atoms. The number of hydrogen-bond acceptors (Lipinski definition) is 8. The molecule has 0 atom stereocenters. The monoisotopic (exact) mass is 537 g/mol. The minimum atomic E-state index is -0.269. The van der Waals surface area contributed by atoms with Gasteiger partial charge in [-0.15, -0.1) is 0 Å². The molecule has 1 aliphatic heterocycles. The first-order chi connectivity index (χ1) is 17.8. The standard InChI is InChI=1S/C26H27N5O4S2/c1-4-22(32)30-9-11-31(12-10-30)25(34)19-14-21(16(2)13-20(19)35-3)36-23-15-28-26(37-23)29-24(33)17-5-7-18(27)8-6-17/h4-8,13-15H,1,9-12,27H2,2-3H3,(H,28,29,33). The Bertz CT molecular complexity index is 1330. The molecule has 192 valence electrons. The van der Waals surface area contributed by atoms with Gasteiger partial charge in [-0.1, -0.05) is 29.7 Å². The number of aryl methyl sites for hydroxylation is 1. The first-order valence-electron chi connectivity index (χ1n) is 11.5. The smallest absolute Gasteiger partial charge is 0.257 e. The maximum atomic E-state index is 13.4. The van der Waals surface area contributed by atoms with Crippen molar-refractivity contribution in [3.8, 4) is 5.75 Å². The normalized spacial score (nSPS) is 13.2. The summed E-state index contributed by atoms with van der Waals surface area (Å²) in [6.45, 7) is 7.26. The number of nitrogens with two attached hydrogens (primary N) is 1. The highest BCUT2D eigenvalue weighted by atomic mass is 32.2. The van der Waals surface area contributed by atoms with Crippen molar-refractivity contribution in [2.45, 2.75) is 16.0 Å². The molecule has 3 amide bonds. The number of amides is 3. The van der Waals surface area contributed by atoms with Gasteiger partial charge in [-0.05, 0) is 55.0 Å². The first-order valence-corrected chi connectivity index (χ1v) is 13.1. The maximum Gasteiger partial charge on any atom is 0.257 e. The number of anilines is 2. The highest BCUT2D eigenvalue weighted by Crippen LogP contribution is 2.38. The average molecular weight is 538 g/mol. The fourth-order valence-corrected chi connectivity index (χ4v) is 5.75. The number of ether oxygens (including phenoxy) is 1. The predicted molar refractivity (Wildman–Crippen MR) is 145 cm³/mol. The second-order valence-electron chi connectivity index (χ2n) is 8.30. The van der Waals surface area contributed by atoms with Gasteiger partial charge in [-0.25, -0.2) is 4.98 Å². The molecule has 1 fully saturated rings. The van der Waals surface area contributed by atoms with Crippen molar-refractivity contribution in [3.05, 3.63) is 71.9 Å². The Morgan fingerprint density at radius 2 is 1.81 bits per heavy atom. The van der Waals surface area contributed by atoms with E-state index in [2.05, 4.69) is 16.9 Å². The van der Waals surface area contributed by atoms with E-state index < -0.39 is 0 Å². The van der Waals surface area contributed by atoms with E-state index in [9.17, 15) is 14.4 Å². The lowest BCUT2D eigenvalue weighted by Gasteiger charge is -2.34. The van der Waals surface area contributed by atoms with E-state index in [4.69, 9.17) is 10.5 Å². The number of hydrogen-bond donors (Lipinski definition) is 2. The summed E-state index contributed by atoms with van der Waals surface area (Å²) in [6, 6.07) is 10.3. The summed E-state index contributed by atoms with van der Waals surface area (Å²) < 4.78 is 6.37. The molecule has 0 aliphatic carbocycles. The van der Waals surface area contributed by atoms with Gasteiger partial charge in [0.2, 0.25) is 5.91 Å². The second-order valence-corrected chi connectivity index (χ2v) is 10.7. The summed E-state index contributed by atoms with van der Waals surface area (Å²) in [7, 11) is 1.54. The van der Waals surface area contributed by atoms with Crippen LogP contribution in [0.25, 0.3) is 0 Å². The van der Waals surface area contributed by atoms with Crippen molar-refractivity contribution in [3.63, 3.8) is 0 Å². The minimum absolute atomic E-state index is 0.132. The topological polar surface area (TPSA) is 118 Å². The van der Waals surface area contributed by atoms with Crippen LogP contribution in [-0.4, -0.2) is 65.8 Å². The van der Waals surface area contributed by atoms with Crippen LogP contribution >= 0.6 is 23.1 Å². The van der Waals surface area contributed by atoms with Crippen LogP contribution in [-0.2, 0) is 4.79 Å². The summed E-state index contributed by atoms with van der Waals surface area (Å²) in [4.78, 5) is 46.3. The van der Waals surface area contributed by atoms with Gasteiger partial charge in [0.1, 0.15) is 5.75 Å². The van der Waals surface area contributed by atoms with Crippen molar-refractivity contribution in [1.82, 2.24) is 14.8 Å². The Balaban J connectivity index is 1.47. The van der Waals surface area contributed by atoms with Gasteiger partial charge >= 0.3 is 0 Å². The van der Waals surface area contributed by atoms with Gasteiger partial charge in [-0.3, -0.25) is 19.7 Å². The average Bonchev–Trinajstić information content (AvgIpc) is 3.35. The Morgan fingerprint density at radius 3 is 2.46 bits per heavy atom. The number of benzene rings is 2. The maximum absolute atomic E-state index is 13.4. The van der Waals surface area contributed by atoms with Gasteiger partial charge < -0.3 is 20.3 Å². The van der Waals surface area contributed by atoms with Crippen molar-refractivity contribution >= 4 is 51.6 Å². The quantitative estimate of drug-likeness (QED) is 0.347. The van der Waals surface area contributed by atoms with E-state index >= 15 is 0 Å². The van der Waals surface area contributed by atoms with E-state index in [0.717, 1.165) is 14.7 Å². The van der Waals surface area contributed by atoms with Crippen molar-refractivity contribution < 1.29 is 19.1 Å². The lowest BCUT2D eigenvalue weighted by Crippen LogP contribution is -2.50. The van der Waals surface area contributed by atoms with Crippen molar-refractivity contribution in [2.24, 2.45) is 0 Å². The molecule has 0 bridgehead atoms. The SMILES string of the molecule is C=CC(=O)N1CCN(C(=O)c2cc(Sc3cnc(NC(=O)c4ccc(N)cc4)s3)c(C)cc2OC)CC1. The number of thiazole rings is 1. The largest absolute Gasteiger partial charge is 0.496 e. The van der Waals surface area contributed by atoms with Crippen LogP contribution in [0.3, 0.4) is 0 Å². The van der Waals surface area contributed by atoms with Gasteiger partial charge in [-0.2, -0.15) is 0 Å². The molecule has 2 heterocycles. The molecule has 9 nitrogen and oxygen atoms in total. The molecule has 1 saturated heterocycles. The lowest BCUT2D eigenvalue weighted by atomic mass is 10.1. The number of methoxy groups -OCH3 is 1. The molecule has 4 rings (SSSR count). The highest BCUT2D eigenvalue weighted by Gasteiger charge is 2.26. The number of nitrogen functional groups attached to an aromatic ring is 1. The van der Waals surface area contributed by atoms with Gasteiger partial charge in [0.15, 0.2) is 5.13 Å². The number of nitrogens with zero attached hydrogens (tertiary/aromatic N) is 3. The van der Waals surface area contributed by atoms with Crippen LogP contribution < -0.4 is 15.8 Å². The van der Waals surface area contributed by atoms with Crippen molar-refractivity contribution in [1.29, 1.82) is 0 Å². The summed E-state index contributed by atoms with van der Waals surface area (Å²) in [5.41, 5.74) is 8.16. The van der Waals surface area contributed by atoms with E-state index in [0.29, 0.717) is 53.9 Å². The molecule has 0 unspecified atom stereocenters. The molecule has 11 heteroatoms. The molecule has 3 aromatic rings. The molecule has 37 heavy (non-hydrogen) atoms. The Morgan fingerprint density at radius 1 is 1.14 bits per heavy atom. The lowest BCUT2D eigenvalue weighted by molar-refractivity contribution is -0.127. The third-order valence-corrected chi connectivity index (χ3v) is 8.04. The predicted octanol–water partition coefficient (Wildman–Crippen LogP) is 3.92. The zero-order valence-corrected chi connectivity index (χ0v) is 22.2. The summed E-state index contributed by atoms with van der Waals surface area (Å²) in [5, 5.41) is 3.28. The molecule has 0 radical (unpaired) electrons. The highest BCUT2D eigenvalue weighted by molar-refractivity contribution is 8.01. The van der Waals surface area contributed by atoms with E-state index in [1.54, 1.807) is 40.3 Å². The van der Waals surface area contributed by atoms with Gasteiger partial charge in [0.05, 0.1) is 23.1 Å². The fourth-order valence-electron chi connectivity index (χ4n) is 3.81. The number of piperazine rings is 1. The second kappa shape index (κ2) is 11.5. The molecule has 3 N–H and O–H groups in total. The van der Waals surface area contributed by atoms with Crippen LogP contribution in [0.4, 0.5) is 10.8 Å². The van der Waals surface area contributed by atoms with E-state index in [1.807, 2.05) is 19.1 Å². The third kappa shape index (κ3) is 6.12. The molecular weight excluding hydrogens is 510 g/mol. The first kappa shape index (κ1) is 26.2. The van der Waals surface area contributed by atoms with Crippen molar-refractivity contribution in [2.75, 3.05) is 44.3 Å². The number of rotatable bonds is 7. The van der Waals surface area contributed by atoms with Crippen LogP contribution in [0.2, 0.25) is 0 Å². The molecule has 1 aromatic heterocycles. The number of aromatic nitrogens is 1. The summed E-state index contributed by atoms with van der Waals surface area (Å²) >= 11 is 2.81. The molecule has 1 aliphatic rings. The Labute approximate surface area is 223 Å². The Hall–Kier alpha value is -3.83. The third-order valence-electron chi connectivity index (χ3n) is 5.87. The zero-order chi connectivity index (χ0) is 26.5. The Kier molecular flexibility index (Phi) is 8.14. The van der Waals surface area contributed by atoms with Gasteiger partial charge in [0, 0.05) is 42.3 Å². The van der Waals surface area contributed by atoms with E-state index in [1.165, 1.54) is 36.3 Å². The fraction of sp³-hybridized carbons (Fsp3) is 0.231. The van der Waals surface area contributed by atoms with Gasteiger partial charge in [0.25, 0.3) is 11.8 Å². The van der Waals surface area contributed by atoms with Crippen LogP contribution in [0.5, 0.6) is 5.75 Å². The molecule has 2 aromatic carbocycles. The molecule has 0 saturated carbocycles. The summed E-state index contributed by atoms with van der Waals surface area (Å²) in [6.07, 6.45) is 2.98. The van der Waals surface area contributed by atoms with E-state index in [-0.39, 0.29) is 17.7 Å². The van der Waals surface area contributed by atoms with Crippen LogP contribution in [0, 0.1) is 6.92 Å². The van der Waals surface area contributed by atoms with Crippen LogP contribution in [0.15, 0.2) is 64.4 Å². The minimum Gasteiger partial charge on any atom is -0.496 e. The summed E-state index contributed by atoms with van der Waals surface area (Å²) in [5.74, 6) is -0.0519. The zero-order valence-electron chi connectivity index (χ0n) is 20.5. The number of carbonyl (C=O) groups is 3. The number of nitrogens with one attached hydrogen (secondary N) is 1.